The van der Waals surface area contributed by atoms with Crippen molar-refractivity contribution >= 4 is 10.0 Å². The monoisotopic (exact) mass is 279 g/mol. The van der Waals surface area contributed by atoms with Crippen LogP contribution in [0.25, 0.3) is 0 Å². The molecule has 102 valence electrons. The topological polar surface area (TPSA) is 76.3 Å². The second kappa shape index (κ2) is 6.15. The number of hydrogen-bond donors (Lipinski definition) is 1. The highest BCUT2D eigenvalue weighted by Gasteiger charge is 2.26. The maximum Gasteiger partial charge on any atom is 0.244 e. The molecule has 0 saturated carbocycles. The molecule has 0 amide bonds. The van der Waals surface area contributed by atoms with Crippen molar-refractivity contribution in [1.82, 2.24) is 9.29 Å². The van der Waals surface area contributed by atoms with Crippen LogP contribution in [0.15, 0.2) is 23.4 Å². The first-order valence-corrected chi connectivity index (χ1v) is 7.73. The van der Waals surface area contributed by atoms with Gasteiger partial charge in [-0.3, -0.25) is 4.98 Å². The molecule has 1 aromatic heterocycles. The lowest BCUT2D eigenvalue weighted by Crippen LogP contribution is -2.35. The van der Waals surface area contributed by atoms with Gasteiger partial charge in [-0.25, -0.2) is 8.42 Å². The molecule has 0 atom stereocenters. The molecule has 0 bridgehead atoms. The van der Waals surface area contributed by atoms with Crippen molar-refractivity contribution in [2.24, 2.45) is 5.73 Å². The predicted octanol–water partition coefficient (Wildman–Crippen LogP) is 0.566. The van der Waals surface area contributed by atoms with Crippen molar-refractivity contribution in [1.29, 1.82) is 0 Å². The summed E-state index contributed by atoms with van der Waals surface area (Å²) < 4.78 is 26.4. The van der Waals surface area contributed by atoms with Crippen LogP contribution >= 0.6 is 0 Å². The van der Waals surface area contributed by atoms with Gasteiger partial charge < -0.3 is 5.73 Å². The number of nitrogens with two attached hydrogens (primary N) is 1. The molecule has 1 aliphatic rings. The lowest BCUT2D eigenvalue weighted by atomic mass is 10.2. The zero-order valence-corrected chi connectivity index (χ0v) is 11.5. The Labute approximate surface area is 113 Å². The molecule has 2 heterocycles. The lowest BCUT2D eigenvalue weighted by Gasteiger charge is -2.25. The highest BCUT2D eigenvalue weighted by Crippen LogP contribution is 2.20. The molecule has 0 aliphatic carbocycles. The number of piperidine rings is 1. The van der Waals surface area contributed by atoms with Gasteiger partial charge in [-0.05, 0) is 18.9 Å². The first-order valence-electron chi connectivity index (χ1n) is 6.29. The number of rotatable bonds is 2. The van der Waals surface area contributed by atoms with E-state index in [1.165, 1.54) is 16.7 Å². The smallest absolute Gasteiger partial charge is 0.244 e. The summed E-state index contributed by atoms with van der Waals surface area (Å²) in [6.45, 7) is 1.41. The van der Waals surface area contributed by atoms with Crippen molar-refractivity contribution in [3.05, 3.63) is 24.0 Å². The summed E-state index contributed by atoms with van der Waals surface area (Å²) in [5, 5.41) is 0. The average Bonchev–Trinajstić information content (AvgIpc) is 2.46. The van der Waals surface area contributed by atoms with Crippen molar-refractivity contribution in [3.63, 3.8) is 0 Å². The quantitative estimate of drug-likeness (QED) is 0.803. The van der Waals surface area contributed by atoms with Crippen LogP contribution in [0.5, 0.6) is 0 Å². The third-order valence-corrected chi connectivity index (χ3v) is 4.86. The zero-order chi connectivity index (χ0) is 13.7. The Morgan fingerprint density at radius 3 is 2.68 bits per heavy atom. The van der Waals surface area contributed by atoms with Crippen LogP contribution in [-0.4, -0.2) is 37.3 Å². The van der Waals surface area contributed by atoms with E-state index in [0.29, 0.717) is 18.7 Å². The molecule has 0 unspecified atom stereocenters. The molecule has 5 nitrogen and oxygen atoms in total. The van der Waals surface area contributed by atoms with Gasteiger partial charge in [0.1, 0.15) is 4.90 Å². The van der Waals surface area contributed by atoms with Gasteiger partial charge in [0.15, 0.2) is 0 Å². The summed E-state index contributed by atoms with van der Waals surface area (Å²) in [4.78, 5) is 4.16. The SMILES string of the molecule is NCC#Cc1cncc(S(=O)(=O)N2CCCCC2)c1. The molecule has 6 heteroatoms. The van der Waals surface area contributed by atoms with Gasteiger partial charge in [0.2, 0.25) is 10.0 Å². The Morgan fingerprint density at radius 2 is 2.00 bits per heavy atom. The van der Waals surface area contributed by atoms with Crippen molar-refractivity contribution in [2.75, 3.05) is 19.6 Å². The first kappa shape index (κ1) is 14.0. The van der Waals surface area contributed by atoms with Gasteiger partial charge in [0, 0.05) is 31.0 Å². The van der Waals surface area contributed by atoms with Gasteiger partial charge in [-0.1, -0.05) is 18.3 Å². The molecular formula is C13H17N3O2S. The van der Waals surface area contributed by atoms with Crippen molar-refractivity contribution in [2.45, 2.75) is 24.2 Å². The van der Waals surface area contributed by atoms with Crippen molar-refractivity contribution < 1.29 is 8.42 Å². The van der Waals surface area contributed by atoms with Gasteiger partial charge in [-0.15, -0.1) is 0 Å². The molecule has 0 aromatic carbocycles. The second-order valence-electron chi connectivity index (χ2n) is 4.38. The summed E-state index contributed by atoms with van der Waals surface area (Å²) >= 11 is 0. The van der Waals surface area contributed by atoms with Crippen LogP contribution in [0.2, 0.25) is 0 Å². The Morgan fingerprint density at radius 1 is 1.26 bits per heavy atom. The predicted molar refractivity (Wildman–Crippen MR) is 72.8 cm³/mol. The Hall–Kier alpha value is -1.42. The summed E-state index contributed by atoms with van der Waals surface area (Å²) in [7, 11) is -3.44. The summed E-state index contributed by atoms with van der Waals surface area (Å²) in [5.41, 5.74) is 5.87. The number of hydrogen-bond acceptors (Lipinski definition) is 4. The van der Waals surface area contributed by atoms with E-state index in [0.717, 1.165) is 19.3 Å². The summed E-state index contributed by atoms with van der Waals surface area (Å²) in [6.07, 6.45) is 5.83. The minimum Gasteiger partial charge on any atom is -0.320 e. The van der Waals surface area contributed by atoms with E-state index in [1.54, 1.807) is 6.07 Å². The van der Waals surface area contributed by atoms with E-state index < -0.39 is 10.0 Å². The maximum absolute atomic E-state index is 12.4. The fraction of sp³-hybridized carbons (Fsp3) is 0.462. The summed E-state index contributed by atoms with van der Waals surface area (Å²) in [5.74, 6) is 5.49. The van der Waals surface area contributed by atoms with Crippen LogP contribution in [0.1, 0.15) is 24.8 Å². The van der Waals surface area contributed by atoms with E-state index in [9.17, 15) is 8.42 Å². The molecule has 2 N–H and O–H groups in total. The number of sulfonamides is 1. The van der Waals surface area contributed by atoms with Gasteiger partial charge >= 0.3 is 0 Å². The fourth-order valence-corrected chi connectivity index (χ4v) is 3.54. The third kappa shape index (κ3) is 3.32. The van der Waals surface area contributed by atoms with Crippen molar-refractivity contribution in [3.8, 4) is 11.8 Å². The van der Waals surface area contributed by atoms with E-state index in [-0.39, 0.29) is 11.4 Å². The van der Waals surface area contributed by atoms with E-state index in [4.69, 9.17) is 5.73 Å². The van der Waals surface area contributed by atoms with Gasteiger partial charge in [-0.2, -0.15) is 4.31 Å². The lowest BCUT2D eigenvalue weighted by molar-refractivity contribution is 0.346. The molecule has 1 aliphatic heterocycles. The van der Waals surface area contributed by atoms with Gasteiger partial charge in [0.25, 0.3) is 0 Å². The number of nitrogens with zero attached hydrogens (tertiary/aromatic N) is 2. The molecular weight excluding hydrogens is 262 g/mol. The zero-order valence-electron chi connectivity index (χ0n) is 10.7. The second-order valence-corrected chi connectivity index (χ2v) is 6.32. The average molecular weight is 279 g/mol. The van der Waals surface area contributed by atoms with E-state index >= 15 is 0 Å². The highest BCUT2D eigenvalue weighted by molar-refractivity contribution is 7.89. The molecule has 2 rings (SSSR count). The van der Waals surface area contributed by atoms with E-state index in [2.05, 4.69) is 16.8 Å². The number of aromatic nitrogens is 1. The summed E-state index contributed by atoms with van der Waals surface area (Å²) in [6, 6.07) is 1.56. The first-order chi connectivity index (χ1) is 9.14. The largest absolute Gasteiger partial charge is 0.320 e. The molecule has 19 heavy (non-hydrogen) atoms. The van der Waals surface area contributed by atoms with Crippen LogP contribution < -0.4 is 5.73 Å². The minimum atomic E-state index is -3.44. The van der Waals surface area contributed by atoms with Crippen LogP contribution in [0.3, 0.4) is 0 Å². The third-order valence-electron chi connectivity index (χ3n) is 3.00. The number of pyridine rings is 1. The Bertz CT molecular complexity index is 596. The van der Waals surface area contributed by atoms with Gasteiger partial charge in [0.05, 0.1) is 6.54 Å². The van der Waals surface area contributed by atoms with Crippen LogP contribution in [0.4, 0.5) is 0 Å². The standard InChI is InChI=1S/C13H17N3O2S/c14-6-4-5-12-9-13(11-15-10-12)19(17,18)16-7-2-1-3-8-16/h9-11H,1-3,6-8,14H2. The molecule has 1 aromatic rings. The highest BCUT2D eigenvalue weighted by atomic mass is 32.2. The molecule has 0 radical (unpaired) electrons. The fourth-order valence-electron chi connectivity index (χ4n) is 2.04. The Balaban J connectivity index is 2.29. The minimum absolute atomic E-state index is 0.207. The van der Waals surface area contributed by atoms with Crippen LogP contribution in [0, 0.1) is 11.8 Å². The van der Waals surface area contributed by atoms with E-state index in [1.807, 2.05) is 0 Å². The molecule has 1 fully saturated rings. The normalized spacial score (nSPS) is 16.7. The molecule has 0 spiro atoms. The Kier molecular flexibility index (Phi) is 4.53. The maximum atomic E-state index is 12.4. The van der Waals surface area contributed by atoms with Crippen LogP contribution in [-0.2, 0) is 10.0 Å². The molecule has 1 saturated heterocycles.